The van der Waals surface area contributed by atoms with Crippen LogP contribution in [0.15, 0.2) is 0 Å². The van der Waals surface area contributed by atoms with Crippen molar-refractivity contribution in [2.75, 3.05) is 13.2 Å². The zero-order valence-corrected chi connectivity index (χ0v) is 41.4. The van der Waals surface area contributed by atoms with Gasteiger partial charge in [-0.25, -0.2) is 14.4 Å². The predicted octanol–water partition coefficient (Wildman–Crippen LogP) is 13.8. The number of carbonyl (C=O) groups is 3. The lowest BCUT2D eigenvalue weighted by Crippen LogP contribution is -2.40. The maximum atomic E-state index is 11.3. The maximum Gasteiger partial charge on any atom is 0.347 e. The van der Waals surface area contributed by atoms with Crippen molar-refractivity contribution >= 4 is 17.9 Å². The highest BCUT2D eigenvalue weighted by Crippen LogP contribution is 2.37. The van der Waals surface area contributed by atoms with Crippen LogP contribution in [-0.4, -0.2) is 59.6 Å². The third-order valence-electron chi connectivity index (χ3n) is 13.9. The second-order valence-corrected chi connectivity index (χ2v) is 20.8. The fourth-order valence-corrected chi connectivity index (χ4v) is 9.89. The van der Waals surface area contributed by atoms with Gasteiger partial charge in [0.2, 0.25) is 0 Å². The molecule has 2 N–H and O–H groups in total. The molecule has 3 aliphatic rings. The Kier molecular flexibility index (Phi) is 33.5. The summed E-state index contributed by atoms with van der Waals surface area (Å²) < 4.78 is 14.3. The summed E-state index contributed by atoms with van der Waals surface area (Å²) in [6, 6.07) is 0. The predicted molar refractivity (Wildman–Crippen MR) is 252 cm³/mol. The fourth-order valence-electron chi connectivity index (χ4n) is 9.89. The highest BCUT2D eigenvalue weighted by molar-refractivity contribution is 5.86. The Hall–Kier alpha value is -1.67. The Morgan fingerprint density at radius 2 is 0.902 bits per heavy atom. The van der Waals surface area contributed by atoms with Crippen LogP contribution in [0.5, 0.6) is 0 Å². The number of carbonyl (C=O) groups excluding carboxylic acids is 3. The SMILES string of the molecule is CC(C)CCCC(C)CCCC(CCCCO)C1CCCCC1.CC(C)CCCC(C)CCCC(CCCCOC(=O)C(C)O)C1CCCCC1.CC1OC(=O)C(C)OC1=O. The van der Waals surface area contributed by atoms with Gasteiger partial charge in [0.1, 0.15) is 6.10 Å². The number of unbranched alkanes of at least 4 members (excludes halogenated alkanes) is 2. The van der Waals surface area contributed by atoms with E-state index in [2.05, 4.69) is 51.0 Å². The molecule has 0 aromatic heterocycles. The molecular weight excluding hydrogens is 765 g/mol. The van der Waals surface area contributed by atoms with E-state index >= 15 is 0 Å². The minimum Gasteiger partial charge on any atom is -0.464 e. The van der Waals surface area contributed by atoms with E-state index < -0.39 is 36.2 Å². The molecule has 61 heavy (non-hydrogen) atoms. The number of aliphatic hydroxyl groups excluding tert-OH is 2. The molecule has 1 aliphatic heterocycles. The molecule has 2 saturated carbocycles. The van der Waals surface area contributed by atoms with Crippen LogP contribution in [-0.2, 0) is 28.6 Å². The van der Waals surface area contributed by atoms with Crippen molar-refractivity contribution in [3.8, 4) is 0 Å². The highest BCUT2D eigenvalue weighted by Gasteiger charge is 2.32. The first-order chi connectivity index (χ1) is 29.1. The van der Waals surface area contributed by atoms with E-state index in [-0.39, 0.29) is 0 Å². The van der Waals surface area contributed by atoms with Crippen LogP contribution in [0, 0.1) is 47.3 Å². The summed E-state index contributed by atoms with van der Waals surface area (Å²) in [4.78, 5) is 32.6. The number of aliphatic hydroxyl groups is 2. The zero-order chi connectivity index (χ0) is 45.4. The minimum atomic E-state index is -1.00. The molecule has 1 saturated heterocycles. The molecule has 360 valence electrons. The number of ether oxygens (including phenoxy) is 3. The Morgan fingerprint density at radius 3 is 1.26 bits per heavy atom. The highest BCUT2D eigenvalue weighted by atomic mass is 16.6. The summed E-state index contributed by atoms with van der Waals surface area (Å²) in [6.07, 6.45) is 35.8. The van der Waals surface area contributed by atoms with Crippen LogP contribution in [0.1, 0.15) is 242 Å². The van der Waals surface area contributed by atoms with Crippen LogP contribution in [0.3, 0.4) is 0 Å². The average Bonchev–Trinajstić information content (AvgIpc) is 3.22. The molecule has 7 unspecified atom stereocenters. The normalized spacial score (nSPS) is 21.3. The minimum absolute atomic E-state index is 0.379. The molecule has 3 rings (SSSR count). The third kappa shape index (κ3) is 29.4. The fraction of sp³-hybridized carbons (Fsp3) is 0.943. The zero-order valence-electron chi connectivity index (χ0n) is 41.4. The van der Waals surface area contributed by atoms with Crippen molar-refractivity contribution in [1.29, 1.82) is 0 Å². The third-order valence-corrected chi connectivity index (χ3v) is 13.9. The summed E-state index contributed by atoms with van der Waals surface area (Å²) in [6.45, 7) is 19.5. The second-order valence-electron chi connectivity index (χ2n) is 20.8. The monoisotopic (exact) mass is 865 g/mol. The molecular formula is C53H100O8. The smallest absolute Gasteiger partial charge is 0.347 e. The van der Waals surface area contributed by atoms with Gasteiger partial charge in [-0.15, -0.1) is 0 Å². The van der Waals surface area contributed by atoms with Crippen LogP contribution in [0.25, 0.3) is 0 Å². The summed E-state index contributed by atoms with van der Waals surface area (Å²) >= 11 is 0. The van der Waals surface area contributed by atoms with E-state index in [0.29, 0.717) is 13.2 Å². The maximum absolute atomic E-state index is 11.3. The van der Waals surface area contributed by atoms with Crippen molar-refractivity contribution in [2.45, 2.75) is 260 Å². The second kappa shape index (κ2) is 35.7. The quantitative estimate of drug-likeness (QED) is 0.0453. The summed E-state index contributed by atoms with van der Waals surface area (Å²) in [5.41, 5.74) is 0. The molecule has 0 bridgehead atoms. The van der Waals surface area contributed by atoms with Crippen LogP contribution in [0.2, 0.25) is 0 Å². The number of hydrogen-bond donors (Lipinski definition) is 2. The number of cyclic esters (lactones) is 2. The van der Waals surface area contributed by atoms with Gasteiger partial charge >= 0.3 is 17.9 Å². The van der Waals surface area contributed by atoms with E-state index in [4.69, 9.17) is 9.84 Å². The van der Waals surface area contributed by atoms with Crippen molar-refractivity contribution in [3.05, 3.63) is 0 Å². The molecule has 0 radical (unpaired) electrons. The van der Waals surface area contributed by atoms with Crippen molar-refractivity contribution in [1.82, 2.24) is 0 Å². The lowest BCUT2D eigenvalue weighted by molar-refractivity contribution is -0.191. The number of esters is 3. The van der Waals surface area contributed by atoms with Gasteiger partial charge in [-0.3, -0.25) is 0 Å². The van der Waals surface area contributed by atoms with Gasteiger partial charge < -0.3 is 24.4 Å². The van der Waals surface area contributed by atoms with Crippen LogP contribution < -0.4 is 0 Å². The Labute approximate surface area is 376 Å². The molecule has 3 fully saturated rings. The van der Waals surface area contributed by atoms with E-state index in [0.717, 1.165) is 66.6 Å². The molecule has 1 heterocycles. The lowest BCUT2D eigenvalue weighted by atomic mass is 9.75. The molecule has 8 nitrogen and oxygen atoms in total. The first-order valence-electron chi connectivity index (χ1n) is 26.0. The molecule has 7 atom stereocenters. The Bertz CT molecular complexity index is 1060. The van der Waals surface area contributed by atoms with Gasteiger partial charge in [-0.1, -0.05) is 202 Å². The van der Waals surface area contributed by atoms with Crippen molar-refractivity contribution in [2.24, 2.45) is 47.3 Å². The summed E-state index contributed by atoms with van der Waals surface area (Å²) in [5, 5.41) is 18.2. The molecule has 0 spiro atoms. The molecule has 0 amide bonds. The van der Waals surface area contributed by atoms with Crippen molar-refractivity contribution < 1.29 is 38.8 Å². The average molecular weight is 865 g/mol. The standard InChI is InChI=1S/C25H48O3.C22H44O.C6H8O4/c1-20(2)12-10-13-21(3)14-11-18-24(23-15-6-5-7-16-23)17-8-9-19-28-25(27)22(4)26;1-19(2)11-9-12-20(3)13-10-17-22(16-7-8-18-23)21-14-5-4-6-15-21;1-3-5(7)10-4(2)6(8)9-3/h20-24,26H,5-19H2,1-4H3;19-23H,4-18H2,1-3H3;3-4H,1-2H3. The topological polar surface area (TPSA) is 119 Å². The Morgan fingerprint density at radius 1 is 0.541 bits per heavy atom. The van der Waals surface area contributed by atoms with E-state index in [9.17, 15) is 19.5 Å². The van der Waals surface area contributed by atoms with Gasteiger partial charge in [-0.05, 0) is 87.4 Å². The molecule has 0 aromatic rings. The lowest BCUT2D eigenvalue weighted by Gasteiger charge is -2.31. The van der Waals surface area contributed by atoms with Gasteiger partial charge in [-0.2, -0.15) is 0 Å². The first-order valence-corrected chi connectivity index (χ1v) is 26.0. The van der Waals surface area contributed by atoms with Gasteiger partial charge in [0.15, 0.2) is 12.2 Å². The first kappa shape index (κ1) is 57.3. The summed E-state index contributed by atoms with van der Waals surface area (Å²) in [7, 11) is 0. The number of hydrogen-bond acceptors (Lipinski definition) is 8. The van der Waals surface area contributed by atoms with Gasteiger partial charge in [0.05, 0.1) is 6.61 Å². The number of rotatable bonds is 28. The van der Waals surface area contributed by atoms with Crippen molar-refractivity contribution in [3.63, 3.8) is 0 Å². The summed E-state index contributed by atoms with van der Waals surface area (Å²) in [5.74, 6) is 5.76. The van der Waals surface area contributed by atoms with Crippen LogP contribution >= 0.6 is 0 Å². The van der Waals surface area contributed by atoms with Crippen LogP contribution in [0.4, 0.5) is 0 Å². The Balaban J connectivity index is 0.000000503. The molecule has 0 aromatic carbocycles. The van der Waals surface area contributed by atoms with Gasteiger partial charge in [0, 0.05) is 6.61 Å². The van der Waals surface area contributed by atoms with E-state index in [1.165, 1.54) is 181 Å². The van der Waals surface area contributed by atoms with Gasteiger partial charge in [0.25, 0.3) is 0 Å². The largest absolute Gasteiger partial charge is 0.464 e. The van der Waals surface area contributed by atoms with E-state index in [1.807, 2.05) is 0 Å². The molecule has 2 aliphatic carbocycles. The van der Waals surface area contributed by atoms with E-state index in [1.54, 1.807) is 0 Å². The molecule has 8 heteroatoms.